The smallest absolute Gasteiger partial charge is 0.323 e. The number of carbonyl (C=O) groups excluding carboxylic acids is 1. The first-order valence-corrected chi connectivity index (χ1v) is 6.48. The molecule has 0 unspecified atom stereocenters. The van der Waals surface area contributed by atoms with Crippen LogP contribution in [-0.4, -0.2) is 30.0 Å². The Balaban J connectivity index is 2.47. The van der Waals surface area contributed by atoms with Crippen molar-refractivity contribution in [1.29, 1.82) is 0 Å². The standard InChI is InChI=1S/C15H15N3O4/c1-10-6-4-9-13(16-10)17(2)15(19)11-7-5-8-12(22-3)14(11)18(20)21/h4-9H,1-3H3. The quantitative estimate of drug-likeness (QED) is 0.640. The van der Waals surface area contributed by atoms with Crippen molar-refractivity contribution in [3.05, 3.63) is 57.8 Å². The SMILES string of the molecule is COc1cccc(C(=O)N(C)c2cccc(C)n2)c1[N+](=O)[O-]. The average Bonchev–Trinajstić information content (AvgIpc) is 2.52. The summed E-state index contributed by atoms with van der Waals surface area (Å²) in [5.41, 5.74) is 0.349. The molecule has 0 aliphatic rings. The number of nitro groups is 1. The van der Waals surface area contributed by atoms with Gasteiger partial charge in [0, 0.05) is 12.7 Å². The van der Waals surface area contributed by atoms with Crippen LogP contribution in [0.25, 0.3) is 0 Å². The lowest BCUT2D eigenvalue weighted by Gasteiger charge is -2.17. The number of hydrogen-bond acceptors (Lipinski definition) is 5. The molecule has 0 saturated heterocycles. The van der Waals surface area contributed by atoms with Crippen LogP contribution in [0.5, 0.6) is 5.75 Å². The molecule has 7 heteroatoms. The third-order valence-electron chi connectivity index (χ3n) is 3.15. The van der Waals surface area contributed by atoms with Gasteiger partial charge in [0.25, 0.3) is 5.91 Å². The van der Waals surface area contributed by atoms with Crippen molar-refractivity contribution >= 4 is 17.4 Å². The highest BCUT2D eigenvalue weighted by atomic mass is 16.6. The van der Waals surface area contributed by atoms with E-state index in [2.05, 4.69) is 4.98 Å². The number of anilines is 1. The van der Waals surface area contributed by atoms with Crippen LogP contribution >= 0.6 is 0 Å². The summed E-state index contributed by atoms with van der Waals surface area (Å²) >= 11 is 0. The van der Waals surface area contributed by atoms with Crippen molar-refractivity contribution in [2.75, 3.05) is 19.1 Å². The number of benzene rings is 1. The van der Waals surface area contributed by atoms with Gasteiger partial charge in [-0.3, -0.25) is 19.8 Å². The molecule has 114 valence electrons. The molecule has 7 nitrogen and oxygen atoms in total. The molecular weight excluding hydrogens is 286 g/mol. The van der Waals surface area contributed by atoms with Crippen LogP contribution in [0.15, 0.2) is 36.4 Å². The normalized spacial score (nSPS) is 10.1. The topological polar surface area (TPSA) is 85.6 Å². The highest BCUT2D eigenvalue weighted by molar-refractivity contribution is 6.08. The molecule has 0 aliphatic heterocycles. The second-order valence-corrected chi connectivity index (χ2v) is 4.61. The summed E-state index contributed by atoms with van der Waals surface area (Å²) in [5.74, 6) is -0.0627. The maximum Gasteiger partial charge on any atom is 0.323 e. The molecule has 2 aromatic rings. The van der Waals surface area contributed by atoms with Crippen LogP contribution in [0.2, 0.25) is 0 Å². The number of carbonyl (C=O) groups is 1. The molecule has 0 atom stereocenters. The fourth-order valence-electron chi connectivity index (χ4n) is 2.05. The van der Waals surface area contributed by atoms with E-state index in [0.717, 1.165) is 5.69 Å². The predicted molar refractivity (Wildman–Crippen MR) is 81.4 cm³/mol. The first kappa shape index (κ1) is 15.4. The highest BCUT2D eigenvalue weighted by Crippen LogP contribution is 2.31. The van der Waals surface area contributed by atoms with Gasteiger partial charge in [-0.15, -0.1) is 0 Å². The zero-order valence-electron chi connectivity index (χ0n) is 12.4. The summed E-state index contributed by atoms with van der Waals surface area (Å²) in [6, 6.07) is 9.61. The minimum absolute atomic E-state index is 0.0430. The molecule has 22 heavy (non-hydrogen) atoms. The lowest BCUT2D eigenvalue weighted by atomic mass is 10.1. The molecule has 1 heterocycles. The summed E-state index contributed by atoms with van der Waals surface area (Å²) in [7, 11) is 2.84. The van der Waals surface area contributed by atoms with Crippen LogP contribution in [0.3, 0.4) is 0 Å². The molecule has 0 fully saturated rings. The average molecular weight is 301 g/mol. The van der Waals surface area contributed by atoms with E-state index in [9.17, 15) is 14.9 Å². The van der Waals surface area contributed by atoms with Crippen LogP contribution in [0.1, 0.15) is 16.1 Å². The van der Waals surface area contributed by atoms with Gasteiger partial charge in [0.05, 0.1) is 12.0 Å². The molecule has 0 aliphatic carbocycles. The Labute approximate surface area is 127 Å². The van der Waals surface area contributed by atoms with Gasteiger partial charge in [-0.2, -0.15) is 0 Å². The first-order chi connectivity index (χ1) is 10.5. The monoisotopic (exact) mass is 301 g/mol. The molecular formula is C15H15N3O4. The fourth-order valence-corrected chi connectivity index (χ4v) is 2.05. The van der Waals surface area contributed by atoms with Gasteiger partial charge in [-0.25, -0.2) is 4.98 Å². The summed E-state index contributed by atoms with van der Waals surface area (Å²) < 4.78 is 4.97. The lowest BCUT2D eigenvalue weighted by Crippen LogP contribution is -2.28. The fraction of sp³-hybridized carbons (Fsp3) is 0.200. The molecule has 0 saturated carbocycles. The number of ether oxygens (including phenoxy) is 1. The van der Waals surface area contributed by atoms with Crippen molar-refractivity contribution < 1.29 is 14.5 Å². The molecule has 0 bridgehead atoms. The Hall–Kier alpha value is -2.96. The van der Waals surface area contributed by atoms with E-state index < -0.39 is 10.8 Å². The van der Waals surface area contributed by atoms with Gasteiger partial charge >= 0.3 is 5.69 Å². The minimum atomic E-state index is -0.621. The number of aryl methyl sites for hydroxylation is 1. The van der Waals surface area contributed by atoms with Crippen molar-refractivity contribution in [1.82, 2.24) is 4.98 Å². The van der Waals surface area contributed by atoms with E-state index in [4.69, 9.17) is 4.74 Å². The van der Waals surface area contributed by atoms with Gasteiger partial charge in [0.1, 0.15) is 11.4 Å². The van der Waals surface area contributed by atoms with Crippen molar-refractivity contribution in [2.24, 2.45) is 0 Å². The zero-order chi connectivity index (χ0) is 16.3. The summed E-state index contributed by atoms with van der Waals surface area (Å²) in [5, 5.41) is 11.3. The van der Waals surface area contributed by atoms with E-state index in [0.29, 0.717) is 5.82 Å². The van der Waals surface area contributed by atoms with Gasteiger partial charge in [-0.05, 0) is 31.2 Å². The van der Waals surface area contributed by atoms with Gasteiger partial charge in [0.15, 0.2) is 5.75 Å². The predicted octanol–water partition coefficient (Wildman–Crippen LogP) is 2.58. The number of nitro benzene ring substituents is 1. The highest BCUT2D eigenvalue weighted by Gasteiger charge is 2.28. The van der Waals surface area contributed by atoms with Crippen molar-refractivity contribution in [2.45, 2.75) is 6.92 Å². The number of amides is 1. The Morgan fingerprint density at radius 3 is 2.55 bits per heavy atom. The van der Waals surface area contributed by atoms with E-state index in [1.165, 1.54) is 37.3 Å². The van der Waals surface area contributed by atoms with E-state index in [1.807, 2.05) is 0 Å². The molecule has 1 aromatic heterocycles. The van der Waals surface area contributed by atoms with Gasteiger partial charge in [0.2, 0.25) is 0 Å². The minimum Gasteiger partial charge on any atom is -0.490 e. The number of hydrogen-bond donors (Lipinski definition) is 0. The Kier molecular flexibility index (Phi) is 4.36. The summed E-state index contributed by atoms with van der Waals surface area (Å²) in [6.07, 6.45) is 0. The van der Waals surface area contributed by atoms with Crippen LogP contribution in [0.4, 0.5) is 11.5 Å². The Bertz CT molecular complexity index is 730. The molecule has 0 spiro atoms. The number of rotatable bonds is 4. The maximum absolute atomic E-state index is 12.6. The molecule has 1 aromatic carbocycles. The third kappa shape index (κ3) is 2.88. The second kappa shape index (κ2) is 6.21. The number of para-hydroxylation sites is 1. The summed E-state index contributed by atoms with van der Waals surface area (Å²) in [6.45, 7) is 1.80. The number of nitrogens with zero attached hydrogens (tertiary/aromatic N) is 3. The van der Waals surface area contributed by atoms with Gasteiger partial charge in [-0.1, -0.05) is 12.1 Å². The zero-order valence-corrected chi connectivity index (χ0v) is 12.4. The van der Waals surface area contributed by atoms with Crippen molar-refractivity contribution in [3.63, 3.8) is 0 Å². The maximum atomic E-state index is 12.6. The number of methoxy groups -OCH3 is 1. The first-order valence-electron chi connectivity index (χ1n) is 6.48. The number of aromatic nitrogens is 1. The molecule has 0 radical (unpaired) electrons. The molecule has 1 amide bonds. The van der Waals surface area contributed by atoms with Crippen LogP contribution < -0.4 is 9.64 Å². The molecule has 2 rings (SSSR count). The van der Waals surface area contributed by atoms with Crippen LogP contribution in [-0.2, 0) is 0 Å². The number of pyridine rings is 1. The second-order valence-electron chi connectivity index (χ2n) is 4.61. The largest absolute Gasteiger partial charge is 0.490 e. The van der Waals surface area contributed by atoms with E-state index in [1.54, 1.807) is 25.1 Å². The van der Waals surface area contributed by atoms with Crippen molar-refractivity contribution in [3.8, 4) is 5.75 Å². The third-order valence-corrected chi connectivity index (χ3v) is 3.15. The summed E-state index contributed by atoms with van der Waals surface area (Å²) in [4.78, 5) is 28.7. The van der Waals surface area contributed by atoms with E-state index >= 15 is 0 Å². The Morgan fingerprint density at radius 2 is 1.95 bits per heavy atom. The molecule has 0 N–H and O–H groups in total. The van der Waals surface area contributed by atoms with E-state index in [-0.39, 0.29) is 17.0 Å². The van der Waals surface area contributed by atoms with Gasteiger partial charge < -0.3 is 4.74 Å². The van der Waals surface area contributed by atoms with Crippen LogP contribution in [0, 0.1) is 17.0 Å². The Morgan fingerprint density at radius 1 is 1.27 bits per heavy atom. The lowest BCUT2D eigenvalue weighted by molar-refractivity contribution is -0.386.